The van der Waals surface area contributed by atoms with Crippen LogP contribution in [0.3, 0.4) is 0 Å². The average molecular weight is 519 g/mol. The van der Waals surface area contributed by atoms with Crippen molar-refractivity contribution in [2.45, 2.75) is 12.3 Å². The van der Waals surface area contributed by atoms with Crippen LogP contribution < -0.4 is 21.6 Å². The van der Waals surface area contributed by atoms with Crippen LogP contribution >= 0.6 is 0 Å². The van der Waals surface area contributed by atoms with Gasteiger partial charge in [-0.2, -0.15) is 0 Å². The van der Waals surface area contributed by atoms with Crippen molar-refractivity contribution in [2.24, 2.45) is 20.0 Å². The molecule has 9 rings (SSSR count). The van der Waals surface area contributed by atoms with Crippen molar-refractivity contribution in [1.29, 1.82) is 0 Å². The lowest BCUT2D eigenvalue weighted by atomic mass is 10.1. The summed E-state index contributed by atoms with van der Waals surface area (Å²) in [5.41, 5.74) is 5.73. The van der Waals surface area contributed by atoms with E-state index in [0.29, 0.717) is 0 Å². The molecule has 8 nitrogen and oxygen atoms in total. The molecule has 6 aromatic rings. The van der Waals surface area contributed by atoms with E-state index < -0.39 is 0 Å². The zero-order chi connectivity index (χ0) is 26.2. The first kappa shape index (κ1) is 21.4. The number of H-pyrrole nitrogens is 2. The maximum absolute atomic E-state index is 5.17. The highest BCUT2D eigenvalue weighted by molar-refractivity contribution is 6.15. The van der Waals surface area contributed by atoms with Crippen molar-refractivity contribution < 1.29 is 0 Å². The van der Waals surface area contributed by atoms with Gasteiger partial charge < -0.3 is 20.6 Å². The number of amidine groups is 2. The van der Waals surface area contributed by atoms with Gasteiger partial charge in [0, 0.05) is 43.8 Å². The Kier molecular flexibility index (Phi) is 4.29. The summed E-state index contributed by atoms with van der Waals surface area (Å²) in [6.07, 6.45) is -0.682. The van der Waals surface area contributed by atoms with E-state index in [-0.39, 0.29) is 12.3 Å². The Bertz CT molecular complexity index is 2200. The molecule has 5 heterocycles. The second-order valence-corrected chi connectivity index (χ2v) is 10.2. The SMILES string of the molecule is c1ccc2c(c1)C1=NC2N=C2NC(N=c3[nH]c(c4ccccc34)=Nc3[nH]c(c4ccccc34)N1)c1ccccc12. The fraction of sp³-hybridized carbons (Fsp3) is 0.0625. The Hall–Kier alpha value is -5.50. The van der Waals surface area contributed by atoms with E-state index in [2.05, 4.69) is 69.1 Å². The van der Waals surface area contributed by atoms with Crippen LogP contribution in [0.5, 0.6) is 0 Å². The second kappa shape index (κ2) is 8.00. The summed E-state index contributed by atoms with van der Waals surface area (Å²) >= 11 is 0. The van der Waals surface area contributed by atoms with E-state index in [0.717, 1.165) is 78.1 Å². The van der Waals surface area contributed by atoms with Gasteiger partial charge in [0.25, 0.3) is 0 Å². The quantitative estimate of drug-likeness (QED) is 0.223. The van der Waals surface area contributed by atoms with Gasteiger partial charge in [-0.3, -0.25) is 0 Å². The van der Waals surface area contributed by atoms with E-state index in [1.54, 1.807) is 0 Å². The molecule has 0 saturated carbocycles. The summed E-state index contributed by atoms with van der Waals surface area (Å²) in [4.78, 5) is 27.5. The van der Waals surface area contributed by atoms with Crippen LogP contribution in [0.2, 0.25) is 0 Å². The predicted molar refractivity (Wildman–Crippen MR) is 157 cm³/mol. The number of nitrogens with one attached hydrogen (secondary N) is 4. The number of aliphatic imine (C=N–C) groups is 2. The number of aromatic amines is 2. The van der Waals surface area contributed by atoms with Crippen LogP contribution in [0.4, 0.5) is 11.6 Å². The minimum absolute atomic E-state index is 0.297. The van der Waals surface area contributed by atoms with Gasteiger partial charge in [0.2, 0.25) is 0 Å². The third-order valence-electron chi connectivity index (χ3n) is 7.88. The molecule has 2 atom stereocenters. The molecule has 4 aromatic carbocycles. The standard InChI is InChI=1S/C32H22N8/c1-2-10-18-17(9-1)25-33-26(18)38-28-21-13-5-6-14-22(21)30(35-28)40-32-24-16-8-7-15-23(24)31(36-32)39-29-20-12-4-3-11-19(20)27(34-29)37-25/h1-16,25,28,36H,(H,33,38)(H,35,40)(H,34,37,39). The van der Waals surface area contributed by atoms with E-state index in [1.807, 2.05) is 48.5 Å². The van der Waals surface area contributed by atoms with Gasteiger partial charge in [0.15, 0.2) is 6.17 Å². The molecular weight excluding hydrogens is 496 g/mol. The fourth-order valence-corrected chi connectivity index (χ4v) is 6.00. The van der Waals surface area contributed by atoms with Crippen molar-refractivity contribution in [3.63, 3.8) is 0 Å². The summed E-state index contributed by atoms with van der Waals surface area (Å²) < 4.78 is 0. The highest BCUT2D eigenvalue weighted by atomic mass is 15.2. The lowest BCUT2D eigenvalue weighted by molar-refractivity contribution is 0.677. The van der Waals surface area contributed by atoms with Gasteiger partial charge in [-0.05, 0) is 0 Å². The fourth-order valence-electron chi connectivity index (χ4n) is 6.00. The van der Waals surface area contributed by atoms with E-state index in [1.165, 1.54) is 0 Å². The zero-order valence-corrected chi connectivity index (χ0v) is 21.2. The molecule has 3 aliphatic rings. The molecule has 0 radical (unpaired) electrons. The van der Waals surface area contributed by atoms with Crippen molar-refractivity contribution in [2.75, 3.05) is 5.32 Å². The summed E-state index contributed by atoms with van der Waals surface area (Å²) in [6.45, 7) is 0. The normalized spacial score (nSPS) is 18.6. The van der Waals surface area contributed by atoms with Crippen LogP contribution in [0.25, 0.3) is 21.5 Å². The summed E-state index contributed by atoms with van der Waals surface area (Å²) in [5, 5.41) is 11.3. The number of anilines is 1. The van der Waals surface area contributed by atoms with E-state index >= 15 is 0 Å². The zero-order valence-electron chi connectivity index (χ0n) is 21.2. The Morgan fingerprint density at radius 3 is 1.98 bits per heavy atom. The summed E-state index contributed by atoms with van der Waals surface area (Å²) in [5.74, 6) is 3.16. The van der Waals surface area contributed by atoms with Crippen molar-refractivity contribution >= 4 is 44.9 Å². The van der Waals surface area contributed by atoms with Gasteiger partial charge >= 0.3 is 0 Å². The topological polar surface area (TPSA) is 105 Å². The lowest BCUT2D eigenvalue weighted by Crippen LogP contribution is -2.22. The van der Waals surface area contributed by atoms with Crippen LogP contribution in [0, 0.1) is 0 Å². The molecule has 40 heavy (non-hydrogen) atoms. The molecule has 2 unspecified atom stereocenters. The van der Waals surface area contributed by atoms with E-state index in [9.17, 15) is 0 Å². The van der Waals surface area contributed by atoms with Gasteiger partial charge in [-0.25, -0.2) is 20.0 Å². The maximum Gasteiger partial charge on any atom is 0.170 e. The first-order chi connectivity index (χ1) is 19.8. The van der Waals surface area contributed by atoms with Gasteiger partial charge in [0.1, 0.15) is 40.4 Å². The Morgan fingerprint density at radius 2 is 1.15 bits per heavy atom. The van der Waals surface area contributed by atoms with Crippen LogP contribution in [-0.2, 0) is 0 Å². The average Bonchev–Trinajstić information content (AvgIpc) is 3.73. The van der Waals surface area contributed by atoms with Crippen molar-refractivity contribution in [3.8, 4) is 0 Å². The number of aromatic nitrogens is 2. The van der Waals surface area contributed by atoms with Crippen LogP contribution in [-0.4, -0.2) is 21.6 Å². The monoisotopic (exact) mass is 518 g/mol. The Morgan fingerprint density at radius 1 is 0.525 bits per heavy atom. The van der Waals surface area contributed by atoms with Crippen molar-refractivity contribution in [1.82, 2.24) is 15.3 Å². The molecular formula is C32H22N8. The smallest absolute Gasteiger partial charge is 0.170 e. The molecule has 3 aliphatic heterocycles. The molecule has 0 saturated heterocycles. The molecule has 8 heteroatoms. The molecule has 4 N–H and O–H groups in total. The number of benzene rings is 4. The highest BCUT2D eigenvalue weighted by Crippen LogP contribution is 2.36. The third-order valence-corrected chi connectivity index (χ3v) is 7.88. The van der Waals surface area contributed by atoms with Crippen LogP contribution in [0.15, 0.2) is 117 Å². The number of nitrogens with zero attached hydrogens (tertiary/aromatic N) is 4. The van der Waals surface area contributed by atoms with Crippen LogP contribution in [0.1, 0.15) is 34.6 Å². The lowest BCUT2D eigenvalue weighted by Gasteiger charge is -2.08. The molecule has 8 bridgehead atoms. The number of fused-ring (bicyclic) bond motifs is 19. The van der Waals surface area contributed by atoms with Crippen molar-refractivity contribution in [3.05, 3.63) is 130 Å². The van der Waals surface area contributed by atoms with Gasteiger partial charge in [-0.15, -0.1) is 0 Å². The molecule has 0 amide bonds. The Labute approximate surface area is 228 Å². The third kappa shape index (κ3) is 3.07. The highest BCUT2D eigenvalue weighted by Gasteiger charge is 2.30. The largest absolute Gasteiger partial charge is 0.344 e. The molecule has 0 spiro atoms. The van der Waals surface area contributed by atoms with E-state index in [4.69, 9.17) is 20.0 Å². The predicted octanol–water partition coefficient (Wildman–Crippen LogP) is 5.15. The molecule has 2 aromatic heterocycles. The number of hydrogen-bond donors (Lipinski definition) is 4. The Balaban J connectivity index is 1.37. The van der Waals surface area contributed by atoms with Gasteiger partial charge in [-0.1, -0.05) is 97.1 Å². The first-order valence-corrected chi connectivity index (χ1v) is 13.3. The number of rotatable bonds is 0. The number of hydrogen-bond acceptors (Lipinski definition) is 6. The second-order valence-electron chi connectivity index (χ2n) is 10.2. The maximum atomic E-state index is 5.17. The molecule has 0 fully saturated rings. The minimum atomic E-state index is -0.385. The first-order valence-electron chi connectivity index (χ1n) is 13.3. The minimum Gasteiger partial charge on any atom is -0.344 e. The molecule has 190 valence electrons. The molecule has 0 aliphatic carbocycles. The summed E-state index contributed by atoms with van der Waals surface area (Å²) in [6, 6.07) is 33.0. The van der Waals surface area contributed by atoms with Gasteiger partial charge in [0.05, 0.1) is 0 Å². The summed E-state index contributed by atoms with van der Waals surface area (Å²) in [7, 11) is 0.